The van der Waals surface area contributed by atoms with Gasteiger partial charge in [-0.05, 0) is 24.3 Å². The number of amides is 2. The summed E-state index contributed by atoms with van der Waals surface area (Å²) in [5, 5.41) is 11.5. The third kappa shape index (κ3) is 3.61. The van der Waals surface area contributed by atoms with Crippen molar-refractivity contribution >= 4 is 23.4 Å². The fourth-order valence-corrected chi connectivity index (χ4v) is 2.98. The van der Waals surface area contributed by atoms with Gasteiger partial charge in [0, 0.05) is 43.2 Å². The lowest BCUT2D eigenvalue weighted by molar-refractivity contribution is 0.0742. The maximum Gasteiger partial charge on any atom is 0.271 e. The predicted octanol–water partition coefficient (Wildman–Crippen LogP) is 1.64. The second-order valence-electron chi connectivity index (χ2n) is 6.39. The molecule has 10 heteroatoms. The van der Waals surface area contributed by atoms with E-state index in [9.17, 15) is 9.59 Å². The van der Waals surface area contributed by atoms with Gasteiger partial charge in [0.15, 0.2) is 5.69 Å². The van der Waals surface area contributed by atoms with E-state index >= 15 is 0 Å². The van der Waals surface area contributed by atoms with E-state index in [2.05, 4.69) is 20.6 Å². The van der Waals surface area contributed by atoms with Crippen molar-refractivity contribution in [1.29, 1.82) is 0 Å². The molecule has 0 saturated carbocycles. The van der Waals surface area contributed by atoms with Crippen LogP contribution in [0.15, 0.2) is 34.9 Å². The number of aromatic nitrogens is 4. The first-order valence-electron chi connectivity index (χ1n) is 8.71. The zero-order chi connectivity index (χ0) is 19.7. The standard InChI is InChI=1S/C18H17ClN6O3/c1-24-8-9-25-14(18(24)27)10-13(22-25)17(26)20-7-6-15-21-16(23-28-15)11-2-4-12(19)5-3-11/h2-5,10H,6-9H2,1H3,(H,20,26). The topological polar surface area (TPSA) is 106 Å². The van der Waals surface area contributed by atoms with Gasteiger partial charge in [0.25, 0.3) is 11.8 Å². The van der Waals surface area contributed by atoms with Crippen LogP contribution in [0.3, 0.4) is 0 Å². The fraction of sp³-hybridized carbons (Fsp3) is 0.278. The highest BCUT2D eigenvalue weighted by molar-refractivity contribution is 6.30. The van der Waals surface area contributed by atoms with Crippen molar-refractivity contribution in [3.05, 3.63) is 52.6 Å². The van der Waals surface area contributed by atoms with Gasteiger partial charge in [0.2, 0.25) is 11.7 Å². The number of nitrogens with zero attached hydrogens (tertiary/aromatic N) is 5. The van der Waals surface area contributed by atoms with E-state index in [1.165, 1.54) is 6.07 Å². The molecule has 1 N–H and O–H groups in total. The van der Waals surface area contributed by atoms with Crippen LogP contribution in [0.1, 0.15) is 26.9 Å². The molecule has 0 bridgehead atoms. The average Bonchev–Trinajstić information content (AvgIpc) is 3.33. The summed E-state index contributed by atoms with van der Waals surface area (Å²) in [7, 11) is 1.72. The van der Waals surface area contributed by atoms with Gasteiger partial charge in [-0.1, -0.05) is 16.8 Å². The van der Waals surface area contributed by atoms with Crippen molar-refractivity contribution in [2.75, 3.05) is 20.1 Å². The number of halogens is 1. The van der Waals surface area contributed by atoms with Gasteiger partial charge in [-0.25, -0.2) is 0 Å². The van der Waals surface area contributed by atoms with Crippen LogP contribution in [0, 0.1) is 0 Å². The van der Waals surface area contributed by atoms with Gasteiger partial charge in [-0.2, -0.15) is 10.1 Å². The Labute approximate surface area is 165 Å². The van der Waals surface area contributed by atoms with Crippen molar-refractivity contribution in [3.8, 4) is 11.4 Å². The molecule has 0 atom stereocenters. The summed E-state index contributed by atoms with van der Waals surface area (Å²) in [5.74, 6) is 0.377. The lowest BCUT2D eigenvalue weighted by Gasteiger charge is -2.22. The van der Waals surface area contributed by atoms with Crippen LogP contribution >= 0.6 is 11.6 Å². The highest BCUT2D eigenvalue weighted by Crippen LogP contribution is 2.18. The monoisotopic (exact) mass is 400 g/mol. The molecule has 0 radical (unpaired) electrons. The summed E-state index contributed by atoms with van der Waals surface area (Å²) in [5.41, 5.74) is 1.43. The number of carbonyl (C=O) groups excluding carboxylic acids is 2. The highest BCUT2D eigenvalue weighted by atomic mass is 35.5. The zero-order valence-electron chi connectivity index (χ0n) is 15.1. The molecule has 0 unspecified atom stereocenters. The Morgan fingerprint density at radius 3 is 2.86 bits per heavy atom. The Hall–Kier alpha value is -3.20. The molecule has 0 saturated heterocycles. The molecule has 9 nitrogen and oxygen atoms in total. The van der Waals surface area contributed by atoms with E-state index in [1.807, 2.05) is 0 Å². The van der Waals surface area contributed by atoms with Crippen LogP contribution < -0.4 is 5.32 Å². The molecule has 0 aliphatic carbocycles. The first-order chi connectivity index (χ1) is 13.5. The highest BCUT2D eigenvalue weighted by Gasteiger charge is 2.25. The first kappa shape index (κ1) is 18.2. The number of hydrogen-bond donors (Lipinski definition) is 1. The first-order valence-corrected chi connectivity index (χ1v) is 9.09. The van der Waals surface area contributed by atoms with Gasteiger partial charge >= 0.3 is 0 Å². The Morgan fingerprint density at radius 2 is 2.07 bits per heavy atom. The molecule has 3 aromatic rings. The van der Waals surface area contributed by atoms with Crippen molar-refractivity contribution in [2.45, 2.75) is 13.0 Å². The van der Waals surface area contributed by atoms with Crippen LogP contribution in [-0.2, 0) is 13.0 Å². The number of nitrogens with one attached hydrogen (secondary N) is 1. The van der Waals surface area contributed by atoms with E-state index < -0.39 is 0 Å². The van der Waals surface area contributed by atoms with E-state index in [1.54, 1.807) is 40.9 Å². The normalized spacial score (nSPS) is 13.5. The molecule has 2 amide bonds. The average molecular weight is 401 g/mol. The molecule has 28 heavy (non-hydrogen) atoms. The Kier molecular flexibility index (Phi) is 4.82. The third-order valence-electron chi connectivity index (χ3n) is 4.42. The van der Waals surface area contributed by atoms with Crippen LogP contribution in [0.5, 0.6) is 0 Å². The van der Waals surface area contributed by atoms with Crippen molar-refractivity contribution in [1.82, 2.24) is 30.1 Å². The summed E-state index contributed by atoms with van der Waals surface area (Å²) in [6.45, 7) is 1.44. The summed E-state index contributed by atoms with van der Waals surface area (Å²) in [6, 6.07) is 8.62. The Bertz CT molecular complexity index is 1030. The molecule has 1 aromatic carbocycles. The summed E-state index contributed by atoms with van der Waals surface area (Å²) >= 11 is 5.87. The maximum atomic E-state index is 12.3. The van der Waals surface area contributed by atoms with Crippen LogP contribution in [0.2, 0.25) is 5.02 Å². The second-order valence-corrected chi connectivity index (χ2v) is 6.83. The largest absolute Gasteiger partial charge is 0.350 e. The second kappa shape index (κ2) is 7.43. The van der Waals surface area contributed by atoms with Crippen molar-refractivity contribution < 1.29 is 14.1 Å². The molecule has 2 aromatic heterocycles. The summed E-state index contributed by atoms with van der Waals surface area (Å²) in [4.78, 5) is 30.3. The number of fused-ring (bicyclic) bond motifs is 1. The lowest BCUT2D eigenvalue weighted by atomic mass is 10.2. The Balaban J connectivity index is 1.34. The SMILES string of the molecule is CN1CCn2nc(C(=O)NCCc3nc(-c4ccc(Cl)cc4)no3)cc2C1=O. The van der Waals surface area contributed by atoms with Gasteiger partial charge in [0.1, 0.15) is 5.69 Å². The molecule has 1 aliphatic rings. The molecule has 4 rings (SSSR count). The Morgan fingerprint density at radius 1 is 1.29 bits per heavy atom. The minimum Gasteiger partial charge on any atom is -0.350 e. The number of likely N-dealkylation sites (N-methyl/N-ethyl adjacent to an activating group) is 1. The predicted molar refractivity (Wildman–Crippen MR) is 100.0 cm³/mol. The van der Waals surface area contributed by atoms with Gasteiger partial charge in [-0.3, -0.25) is 14.3 Å². The van der Waals surface area contributed by atoms with Crippen molar-refractivity contribution in [3.63, 3.8) is 0 Å². The maximum absolute atomic E-state index is 12.3. The van der Waals surface area contributed by atoms with E-state index in [0.717, 1.165) is 5.56 Å². The molecular weight excluding hydrogens is 384 g/mol. The van der Waals surface area contributed by atoms with Crippen LogP contribution in [0.4, 0.5) is 0 Å². The van der Waals surface area contributed by atoms with Crippen LogP contribution in [0.25, 0.3) is 11.4 Å². The molecule has 1 aliphatic heterocycles. The number of rotatable bonds is 5. The van der Waals surface area contributed by atoms with E-state index in [-0.39, 0.29) is 17.5 Å². The molecule has 0 fully saturated rings. The van der Waals surface area contributed by atoms with Gasteiger partial charge in [0.05, 0.1) is 6.54 Å². The molecule has 3 heterocycles. The van der Waals surface area contributed by atoms with E-state index in [4.69, 9.17) is 16.1 Å². The lowest BCUT2D eigenvalue weighted by Crippen LogP contribution is -2.37. The summed E-state index contributed by atoms with van der Waals surface area (Å²) < 4.78 is 6.78. The molecular formula is C18H17ClN6O3. The zero-order valence-corrected chi connectivity index (χ0v) is 15.8. The summed E-state index contributed by atoms with van der Waals surface area (Å²) in [6.07, 6.45) is 0.377. The quantitative estimate of drug-likeness (QED) is 0.697. The van der Waals surface area contributed by atoms with Gasteiger partial charge < -0.3 is 14.7 Å². The minimum absolute atomic E-state index is 0.140. The van der Waals surface area contributed by atoms with Crippen molar-refractivity contribution in [2.24, 2.45) is 0 Å². The number of carbonyl (C=O) groups is 2. The number of benzene rings is 1. The molecule has 144 valence electrons. The fourth-order valence-electron chi connectivity index (χ4n) is 2.86. The van der Waals surface area contributed by atoms with E-state index in [0.29, 0.717) is 48.5 Å². The minimum atomic E-state index is -0.352. The molecule has 0 spiro atoms. The smallest absolute Gasteiger partial charge is 0.271 e. The van der Waals surface area contributed by atoms with Gasteiger partial charge in [-0.15, -0.1) is 0 Å². The third-order valence-corrected chi connectivity index (χ3v) is 4.67. The van der Waals surface area contributed by atoms with Crippen LogP contribution in [-0.4, -0.2) is 56.8 Å². The number of hydrogen-bond acceptors (Lipinski definition) is 6.